The molecule has 1 rings (SSSR count). The SMILES string of the molecule is C=P1(C)OC(C)CC(C)(C)S1. The van der Waals surface area contributed by atoms with E-state index in [9.17, 15) is 0 Å². The highest BCUT2D eigenvalue weighted by molar-refractivity contribution is 8.59. The highest BCUT2D eigenvalue weighted by Crippen LogP contribution is 2.66. The van der Waals surface area contributed by atoms with Gasteiger partial charge in [-0.25, -0.2) is 0 Å². The third-order valence-electron chi connectivity index (χ3n) is 1.62. The minimum atomic E-state index is -1.35. The first kappa shape index (κ1) is 9.70. The zero-order chi connectivity index (χ0) is 8.70. The van der Waals surface area contributed by atoms with Crippen molar-refractivity contribution in [3.05, 3.63) is 0 Å². The molecule has 0 aromatic heterocycles. The molecule has 0 amide bonds. The van der Waals surface area contributed by atoms with Crippen LogP contribution >= 0.6 is 17.7 Å². The van der Waals surface area contributed by atoms with Crippen molar-refractivity contribution >= 4 is 24.0 Å². The van der Waals surface area contributed by atoms with Crippen LogP contribution in [0.3, 0.4) is 0 Å². The minimum absolute atomic E-state index is 0.363. The van der Waals surface area contributed by atoms with E-state index in [0.717, 1.165) is 6.42 Å². The van der Waals surface area contributed by atoms with Gasteiger partial charge in [-0.15, -0.1) is 11.4 Å². The normalized spacial score (nSPS) is 43.8. The van der Waals surface area contributed by atoms with Crippen LogP contribution in [0.5, 0.6) is 0 Å². The second kappa shape index (κ2) is 2.83. The van der Waals surface area contributed by atoms with E-state index in [1.807, 2.05) is 11.4 Å². The number of hydrogen-bond acceptors (Lipinski definition) is 2. The molecule has 0 N–H and O–H groups in total. The fraction of sp³-hybridized carbons (Fsp3) is 0.875. The van der Waals surface area contributed by atoms with E-state index in [4.69, 9.17) is 4.52 Å². The smallest absolute Gasteiger partial charge is 0.0612 e. The first-order chi connectivity index (χ1) is 4.81. The molecule has 2 atom stereocenters. The summed E-state index contributed by atoms with van der Waals surface area (Å²) in [5.41, 5.74) is 0. The molecule has 1 heterocycles. The highest BCUT2D eigenvalue weighted by Gasteiger charge is 2.33. The average Bonchev–Trinajstić information content (AvgIpc) is 1.49. The van der Waals surface area contributed by atoms with Crippen LogP contribution in [0, 0.1) is 0 Å². The van der Waals surface area contributed by atoms with Crippen molar-refractivity contribution in [2.24, 2.45) is 0 Å². The minimum Gasteiger partial charge on any atom is -0.349 e. The molecule has 0 aliphatic carbocycles. The summed E-state index contributed by atoms with van der Waals surface area (Å²) in [7, 11) is 0. The average molecular weight is 192 g/mol. The molecule has 0 aromatic rings. The van der Waals surface area contributed by atoms with Crippen LogP contribution in [0.15, 0.2) is 0 Å². The zero-order valence-corrected chi connectivity index (χ0v) is 9.47. The molecule has 1 saturated heterocycles. The lowest BCUT2D eigenvalue weighted by molar-refractivity contribution is 0.221. The Morgan fingerprint density at radius 1 is 1.64 bits per heavy atom. The van der Waals surface area contributed by atoms with Gasteiger partial charge in [-0.2, -0.15) is 0 Å². The second-order valence-corrected chi connectivity index (χ2v) is 10.4. The van der Waals surface area contributed by atoms with Crippen molar-refractivity contribution < 1.29 is 4.52 Å². The molecule has 11 heavy (non-hydrogen) atoms. The highest BCUT2D eigenvalue weighted by atomic mass is 32.7. The van der Waals surface area contributed by atoms with Crippen molar-refractivity contribution in [2.75, 3.05) is 6.66 Å². The summed E-state index contributed by atoms with van der Waals surface area (Å²) in [4.78, 5) is 0. The van der Waals surface area contributed by atoms with Crippen LogP contribution < -0.4 is 0 Å². The summed E-state index contributed by atoms with van der Waals surface area (Å²) < 4.78 is 6.14. The molecule has 1 fully saturated rings. The topological polar surface area (TPSA) is 9.23 Å². The van der Waals surface area contributed by atoms with E-state index in [-0.39, 0.29) is 0 Å². The number of hydrogen-bond donors (Lipinski definition) is 0. The fourth-order valence-corrected chi connectivity index (χ4v) is 7.86. The lowest BCUT2D eigenvalue weighted by Crippen LogP contribution is -2.27. The van der Waals surface area contributed by atoms with E-state index in [1.54, 1.807) is 0 Å². The largest absolute Gasteiger partial charge is 0.349 e. The Bertz CT molecular complexity index is 200. The molecular formula is C8H17OPS. The van der Waals surface area contributed by atoms with Crippen LogP contribution in [-0.2, 0) is 4.52 Å². The molecule has 0 bridgehead atoms. The molecule has 1 aliphatic heterocycles. The fourth-order valence-electron chi connectivity index (χ4n) is 1.69. The molecule has 1 aliphatic rings. The van der Waals surface area contributed by atoms with E-state index in [0.29, 0.717) is 10.9 Å². The van der Waals surface area contributed by atoms with Crippen LogP contribution in [-0.4, -0.2) is 23.8 Å². The Labute approximate surface area is 73.7 Å². The predicted molar refractivity (Wildman–Crippen MR) is 56.8 cm³/mol. The zero-order valence-electron chi connectivity index (χ0n) is 7.76. The first-order valence-corrected chi connectivity index (χ1v) is 7.67. The van der Waals surface area contributed by atoms with Gasteiger partial charge in [0.2, 0.25) is 0 Å². The Morgan fingerprint density at radius 2 is 2.18 bits per heavy atom. The van der Waals surface area contributed by atoms with E-state index in [2.05, 4.69) is 33.7 Å². The van der Waals surface area contributed by atoms with Crippen molar-refractivity contribution in [3.8, 4) is 0 Å². The molecule has 0 aromatic carbocycles. The molecule has 0 radical (unpaired) electrons. The van der Waals surface area contributed by atoms with Crippen LogP contribution in [0.4, 0.5) is 0 Å². The summed E-state index contributed by atoms with van der Waals surface area (Å²) in [6, 6.07) is 0. The van der Waals surface area contributed by atoms with E-state index < -0.39 is 6.31 Å². The summed E-state index contributed by atoms with van der Waals surface area (Å²) in [6.07, 6.45) is 4.31. The van der Waals surface area contributed by atoms with E-state index >= 15 is 0 Å². The van der Waals surface area contributed by atoms with Gasteiger partial charge in [0.25, 0.3) is 0 Å². The van der Waals surface area contributed by atoms with Gasteiger partial charge in [0, 0.05) is 4.75 Å². The van der Waals surface area contributed by atoms with Crippen LogP contribution in [0.1, 0.15) is 27.2 Å². The van der Waals surface area contributed by atoms with Crippen molar-refractivity contribution in [3.63, 3.8) is 0 Å². The number of rotatable bonds is 0. The van der Waals surface area contributed by atoms with Gasteiger partial charge in [0.1, 0.15) is 0 Å². The van der Waals surface area contributed by atoms with Gasteiger partial charge in [-0.1, -0.05) is 20.1 Å². The standard InChI is InChI=1S/C8H17OPS/c1-7-6-8(2,3)11-10(4,5)9-7/h7H,4,6H2,1-3,5H3. The van der Waals surface area contributed by atoms with Gasteiger partial charge in [0.05, 0.1) is 12.4 Å². The molecule has 0 saturated carbocycles. The van der Waals surface area contributed by atoms with Gasteiger partial charge in [-0.3, -0.25) is 0 Å². The van der Waals surface area contributed by atoms with Gasteiger partial charge < -0.3 is 4.52 Å². The van der Waals surface area contributed by atoms with Crippen molar-refractivity contribution in [1.82, 2.24) is 0 Å². The molecule has 1 nitrogen and oxygen atoms in total. The summed E-state index contributed by atoms with van der Waals surface area (Å²) >= 11 is 1.93. The van der Waals surface area contributed by atoms with Gasteiger partial charge >= 0.3 is 0 Å². The van der Waals surface area contributed by atoms with Crippen LogP contribution in [0.2, 0.25) is 0 Å². The summed E-state index contributed by atoms with van der Waals surface area (Å²) in [5, 5.41) is 0. The molecule has 3 heteroatoms. The maximum atomic E-state index is 5.77. The van der Waals surface area contributed by atoms with Crippen molar-refractivity contribution in [2.45, 2.75) is 38.0 Å². The maximum Gasteiger partial charge on any atom is 0.0612 e. The summed E-state index contributed by atoms with van der Waals surface area (Å²) in [5.74, 6) is 0. The quantitative estimate of drug-likeness (QED) is 0.545. The monoisotopic (exact) mass is 192 g/mol. The lowest BCUT2D eigenvalue weighted by atomic mass is 10.1. The van der Waals surface area contributed by atoms with Crippen LogP contribution in [0.25, 0.3) is 0 Å². The third kappa shape index (κ3) is 2.85. The second-order valence-electron chi connectivity index (χ2n) is 3.99. The third-order valence-corrected chi connectivity index (χ3v) is 6.37. The molecule has 0 spiro atoms. The lowest BCUT2D eigenvalue weighted by Gasteiger charge is -2.40. The van der Waals surface area contributed by atoms with Crippen molar-refractivity contribution in [1.29, 1.82) is 0 Å². The summed E-state index contributed by atoms with van der Waals surface area (Å²) in [6.45, 7) is 8.85. The predicted octanol–water partition coefficient (Wildman–Crippen LogP) is 3.22. The molecule has 66 valence electrons. The van der Waals surface area contributed by atoms with Gasteiger partial charge in [-0.05, 0) is 20.0 Å². The Morgan fingerprint density at radius 3 is 2.55 bits per heavy atom. The Hall–Kier alpha value is 0.610. The van der Waals surface area contributed by atoms with E-state index in [1.165, 1.54) is 0 Å². The Balaban J connectivity index is 2.74. The molecule has 2 unspecified atom stereocenters. The first-order valence-electron chi connectivity index (χ1n) is 3.91. The Kier molecular flexibility index (Phi) is 2.49. The maximum absolute atomic E-state index is 5.77. The van der Waals surface area contributed by atoms with Gasteiger partial charge in [0.15, 0.2) is 0 Å². The molecular weight excluding hydrogens is 175 g/mol.